The molecule has 0 saturated heterocycles. The van der Waals surface area contributed by atoms with Crippen LogP contribution in [0.1, 0.15) is 21.5 Å². The van der Waals surface area contributed by atoms with Crippen molar-refractivity contribution < 1.29 is 9.90 Å². The Kier molecular flexibility index (Phi) is 4.58. The number of carboxylic acid groups (broad SMARTS) is 1. The minimum Gasteiger partial charge on any atom is -0.478 e. The monoisotopic (exact) mass is 290 g/mol. The van der Waals surface area contributed by atoms with Crippen molar-refractivity contribution in [2.75, 3.05) is 11.9 Å². The van der Waals surface area contributed by atoms with Crippen LogP contribution in [0.5, 0.6) is 0 Å². The van der Waals surface area contributed by atoms with E-state index in [1.54, 1.807) is 0 Å². The third kappa shape index (κ3) is 3.96. The Labute approximate surface area is 122 Å². The van der Waals surface area contributed by atoms with Crippen LogP contribution in [0.25, 0.3) is 0 Å². The highest BCUT2D eigenvalue weighted by atomic mass is 35.5. The molecule has 0 atom stereocenters. The number of aromatic carboxylic acids is 1. The number of hydrogen-bond acceptors (Lipinski definition) is 3. The topological polar surface area (TPSA) is 62.2 Å². The van der Waals surface area contributed by atoms with Gasteiger partial charge in [0, 0.05) is 6.54 Å². The maximum absolute atomic E-state index is 10.9. The third-order valence-corrected chi connectivity index (χ3v) is 3.04. The van der Waals surface area contributed by atoms with E-state index in [0.717, 1.165) is 6.42 Å². The number of aromatic nitrogens is 1. The Morgan fingerprint density at radius 3 is 2.85 bits per heavy atom. The number of hydrogen-bond donors (Lipinski definition) is 2. The van der Waals surface area contributed by atoms with Gasteiger partial charge in [0.05, 0.1) is 5.56 Å². The zero-order valence-corrected chi connectivity index (χ0v) is 11.8. The SMILES string of the molecule is Cc1cccc(CCNc2cc(C(=O)O)cc(Cl)n2)c1. The summed E-state index contributed by atoms with van der Waals surface area (Å²) in [5.74, 6) is -0.543. The van der Waals surface area contributed by atoms with Crippen LogP contribution in [0, 0.1) is 6.92 Å². The number of nitrogens with zero attached hydrogens (tertiary/aromatic N) is 1. The maximum atomic E-state index is 10.9. The standard InChI is InChI=1S/C15H15ClN2O2/c1-10-3-2-4-11(7-10)5-6-17-14-9-12(15(19)20)8-13(16)18-14/h2-4,7-9H,5-6H2,1H3,(H,17,18)(H,19,20). The van der Waals surface area contributed by atoms with Gasteiger partial charge in [-0.1, -0.05) is 41.4 Å². The molecule has 0 amide bonds. The number of aryl methyl sites for hydroxylation is 1. The van der Waals surface area contributed by atoms with Gasteiger partial charge in [-0.05, 0) is 31.0 Å². The summed E-state index contributed by atoms with van der Waals surface area (Å²) in [4.78, 5) is 15.0. The largest absolute Gasteiger partial charge is 0.478 e. The van der Waals surface area contributed by atoms with Crippen molar-refractivity contribution in [2.45, 2.75) is 13.3 Å². The number of pyridine rings is 1. The number of anilines is 1. The molecule has 2 rings (SSSR count). The smallest absolute Gasteiger partial charge is 0.335 e. The fourth-order valence-electron chi connectivity index (χ4n) is 1.91. The summed E-state index contributed by atoms with van der Waals surface area (Å²) < 4.78 is 0. The van der Waals surface area contributed by atoms with Crippen molar-refractivity contribution in [3.63, 3.8) is 0 Å². The van der Waals surface area contributed by atoms with Gasteiger partial charge in [-0.25, -0.2) is 9.78 Å². The highest BCUT2D eigenvalue weighted by Crippen LogP contribution is 2.15. The molecule has 2 N–H and O–H groups in total. The van der Waals surface area contributed by atoms with Crippen molar-refractivity contribution in [2.24, 2.45) is 0 Å². The molecule has 20 heavy (non-hydrogen) atoms. The van der Waals surface area contributed by atoms with Gasteiger partial charge < -0.3 is 10.4 Å². The molecule has 1 heterocycles. The molecule has 0 aliphatic rings. The van der Waals surface area contributed by atoms with E-state index < -0.39 is 5.97 Å². The number of rotatable bonds is 5. The van der Waals surface area contributed by atoms with Crippen LogP contribution in [-0.2, 0) is 6.42 Å². The number of benzene rings is 1. The van der Waals surface area contributed by atoms with Gasteiger partial charge >= 0.3 is 5.97 Å². The van der Waals surface area contributed by atoms with Crippen molar-refractivity contribution in [3.05, 3.63) is 58.2 Å². The maximum Gasteiger partial charge on any atom is 0.335 e. The summed E-state index contributed by atoms with van der Waals surface area (Å²) in [6, 6.07) is 11.1. The summed E-state index contributed by atoms with van der Waals surface area (Å²) in [7, 11) is 0. The summed E-state index contributed by atoms with van der Waals surface area (Å²) in [6.07, 6.45) is 0.832. The fourth-order valence-corrected chi connectivity index (χ4v) is 2.12. The van der Waals surface area contributed by atoms with Crippen LogP contribution in [0.15, 0.2) is 36.4 Å². The molecule has 0 spiro atoms. The van der Waals surface area contributed by atoms with Crippen molar-refractivity contribution in [3.8, 4) is 0 Å². The van der Waals surface area contributed by atoms with Crippen LogP contribution in [0.3, 0.4) is 0 Å². The molecule has 0 aliphatic carbocycles. The van der Waals surface area contributed by atoms with Crippen LogP contribution in [0.2, 0.25) is 5.15 Å². The summed E-state index contributed by atoms with van der Waals surface area (Å²) in [5, 5.41) is 12.2. The minimum absolute atomic E-state index is 0.128. The first-order valence-corrected chi connectivity index (χ1v) is 6.63. The van der Waals surface area contributed by atoms with Gasteiger partial charge in [0.2, 0.25) is 0 Å². The molecular weight excluding hydrogens is 276 g/mol. The molecule has 1 aromatic carbocycles. The quantitative estimate of drug-likeness (QED) is 0.829. The number of halogens is 1. The van der Waals surface area contributed by atoms with Gasteiger partial charge in [-0.15, -0.1) is 0 Å². The Hall–Kier alpha value is -2.07. The molecule has 104 valence electrons. The lowest BCUT2D eigenvalue weighted by Gasteiger charge is -2.07. The summed E-state index contributed by atoms with van der Waals surface area (Å²) >= 11 is 5.80. The Balaban J connectivity index is 1.99. The lowest BCUT2D eigenvalue weighted by Crippen LogP contribution is -2.08. The minimum atomic E-state index is -1.02. The van der Waals surface area contributed by atoms with Crippen molar-refractivity contribution in [1.29, 1.82) is 0 Å². The van der Waals surface area contributed by atoms with Crippen LogP contribution >= 0.6 is 11.6 Å². The van der Waals surface area contributed by atoms with Gasteiger partial charge in [-0.3, -0.25) is 0 Å². The number of nitrogens with one attached hydrogen (secondary N) is 1. The van der Waals surface area contributed by atoms with E-state index >= 15 is 0 Å². The second-order valence-electron chi connectivity index (χ2n) is 4.53. The van der Waals surface area contributed by atoms with Crippen LogP contribution in [-0.4, -0.2) is 22.6 Å². The predicted molar refractivity (Wildman–Crippen MR) is 79.6 cm³/mol. The second-order valence-corrected chi connectivity index (χ2v) is 4.92. The van der Waals surface area contributed by atoms with E-state index in [1.165, 1.54) is 23.3 Å². The van der Waals surface area contributed by atoms with Crippen molar-refractivity contribution in [1.82, 2.24) is 4.98 Å². The van der Waals surface area contributed by atoms with E-state index in [4.69, 9.17) is 16.7 Å². The average molecular weight is 291 g/mol. The molecule has 1 aromatic heterocycles. The summed E-state index contributed by atoms with van der Waals surface area (Å²) in [5.41, 5.74) is 2.57. The van der Waals surface area contributed by atoms with Gasteiger partial charge in [0.25, 0.3) is 0 Å². The van der Waals surface area contributed by atoms with E-state index in [9.17, 15) is 4.79 Å². The third-order valence-electron chi connectivity index (χ3n) is 2.84. The normalized spacial score (nSPS) is 10.3. The van der Waals surface area contributed by atoms with Crippen LogP contribution in [0.4, 0.5) is 5.82 Å². The molecule has 0 aliphatic heterocycles. The molecule has 0 saturated carbocycles. The molecule has 5 heteroatoms. The van der Waals surface area contributed by atoms with Gasteiger partial charge in [-0.2, -0.15) is 0 Å². The van der Waals surface area contributed by atoms with Crippen LogP contribution < -0.4 is 5.32 Å². The molecule has 0 radical (unpaired) electrons. The second kappa shape index (κ2) is 6.39. The first-order valence-electron chi connectivity index (χ1n) is 6.25. The van der Waals surface area contributed by atoms with E-state index in [2.05, 4.69) is 35.4 Å². The van der Waals surface area contributed by atoms with Gasteiger partial charge in [0.15, 0.2) is 0 Å². The Morgan fingerprint density at radius 2 is 2.15 bits per heavy atom. The highest BCUT2D eigenvalue weighted by molar-refractivity contribution is 6.29. The number of carboxylic acids is 1. The van der Waals surface area contributed by atoms with E-state index in [-0.39, 0.29) is 10.7 Å². The Morgan fingerprint density at radius 1 is 1.35 bits per heavy atom. The lowest BCUT2D eigenvalue weighted by atomic mass is 10.1. The molecular formula is C15H15ClN2O2. The number of carbonyl (C=O) groups is 1. The first kappa shape index (κ1) is 14.3. The first-order chi connectivity index (χ1) is 9.54. The molecule has 0 fully saturated rings. The fraction of sp³-hybridized carbons (Fsp3) is 0.200. The highest BCUT2D eigenvalue weighted by Gasteiger charge is 2.07. The summed E-state index contributed by atoms with van der Waals surface area (Å²) in [6.45, 7) is 2.71. The zero-order chi connectivity index (χ0) is 14.5. The molecule has 4 nitrogen and oxygen atoms in total. The van der Waals surface area contributed by atoms with Crippen molar-refractivity contribution >= 4 is 23.4 Å². The molecule has 0 bridgehead atoms. The van der Waals surface area contributed by atoms with E-state index in [1.807, 2.05) is 6.07 Å². The molecule has 2 aromatic rings. The predicted octanol–water partition coefficient (Wildman–Crippen LogP) is 3.40. The van der Waals surface area contributed by atoms with E-state index in [0.29, 0.717) is 12.4 Å². The lowest BCUT2D eigenvalue weighted by molar-refractivity contribution is 0.0697. The zero-order valence-electron chi connectivity index (χ0n) is 11.1. The Bertz CT molecular complexity index is 629. The van der Waals surface area contributed by atoms with Gasteiger partial charge in [0.1, 0.15) is 11.0 Å². The average Bonchev–Trinajstić information content (AvgIpc) is 2.38. The molecule has 0 unspecified atom stereocenters.